The monoisotopic (exact) mass is 158 g/mol. The highest BCUT2D eigenvalue weighted by Gasteiger charge is 2.27. The summed E-state index contributed by atoms with van der Waals surface area (Å²) in [5.74, 6) is -1.07. The van der Waals surface area contributed by atoms with Crippen LogP contribution in [0.25, 0.3) is 0 Å². The third kappa shape index (κ3) is 2.48. The number of hydrogen-bond acceptors (Lipinski definition) is 4. The van der Waals surface area contributed by atoms with E-state index in [0.29, 0.717) is 26.1 Å². The smallest absolute Gasteiger partial charge is 0.0483 e. The van der Waals surface area contributed by atoms with Gasteiger partial charge in [0.25, 0.3) is 0 Å². The summed E-state index contributed by atoms with van der Waals surface area (Å²) in [6.45, 7) is 1.12. The minimum atomic E-state index is -1.07. The van der Waals surface area contributed by atoms with Crippen LogP contribution in [0.3, 0.4) is 0 Å². The summed E-state index contributed by atoms with van der Waals surface area (Å²) < 4.78 is 5.05. The quantitative estimate of drug-likeness (QED) is 0.538. The molecule has 1 aliphatic heterocycles. The molecule has 0 radical (unpaired) electrons. The molecule has 4 nitrogen and oxygen atoms in total. The summed E-state index contributed by atoms with van der Waals surface area (Å²) in [5.41, 5.74) is 5.17. The predicted molar refractivity (Wildman–Crippen MR) is 36.6 cm³/mol. The van der Waals surface area contributed by atoms with Crippen LogP contribution < -0.4 is 10.8 Å². The molecule has 1 aliphatic rings. The third-order valence-corrected chi connectivity index (χ3v) is 1.98. The lowest BCUT2D eigenvalue weighted by atomic mass is 9.88. The van der Waals surface area contributed by atoms with Gasteiger partial charge < -0.3 is 20.4 Å². The minimum absolute atomic E-state index is 0.0592. The molecule has 0 aromatic heterocycles. The number of carboxylic acid groups (broad SMARTS) is 1. The average molecular weight is 158 g/mol. The zero-order valence-corrected chi connectivity index (χ0v) is 6.34. The number of rotatable bonds is 2. The first-order valence-corrected chi connectivity index (χ1v) is 3.69. The number of carboxylic acids is 1. The molecule has 1 heterocycles. The summed E-state index contributed by atoms with van der Waals surface area (Å²) in [6.07, 6.45) is 1.16. The molecule has 0 amide bonds. The molecule has 2 N–H and O–H groups in total. The molecule has 0 spiro atoms. The molecule has 0 bridgehead atoms. The van der Waals surface area contributed by atoms with Crippen LogP contribution in [0.5, 0.6) is 0 Å². The Bertz CT molecular complexity index is 152. The third-order valence-electron chi connectivity index (χ3n) is 1.98. The van der Waals surface area contributed by atoms with Gasteiger partial charge in [0.1, 0.15) is 0 Å². The zero-order valence-electron chi connectivity index (χ0n) is 6.34. The topological polar surface area (TPSA) is 75.4 Å². The number of carbonyl (C=O) groups excluding carboxylic acids is 1. The predicted octanol–water partition coefficient (Wildman–Crippen LogP) is -1.37. The van der Waals surface area contributed by atoms with Gasteiger partial charge in [0.2, 0.25) is 0 Å². The van der Waals surface area contributed by atoms with Crippen molar-refractivity contribution in [3.05, 3.63) is 0 Å². The summed E-state index contributed by atoms with van der Waals surface area (Å²) in [6, 6.07) is 0. The van der Waals surface area contributed by atoms with Crippen LogP contribution in [0, 0.1) is 0 Å². The van der Waals surface area contributed by atoms with Crippen LogP contribution >= 0.6 is 0 Å². The Morgan fingerprint density at radius 2 is 2.09 bits per heavy atom. The Morgan fingerprint density at radius 1 is 1.55 bits per heavy atom. The second-order valence-corrected chi connectivity index (χ2v) is 3.02. The maximum atomic E-state index is 10.2. The molecular formula is C7H12NO3-. The van der Waals surface area contributed by atoms with E-state index in [1.54, 1.807) is 0 Å². The van der Waals surface area contributed by atoms with Gasteiger partial charge in [-0.25, -0.2) is 0 Å². The van der Waals surface area contributed by atoms with E-state index in [2.05, 4.69) is 0 Å². The number of aliphatic carboxylic acids is 1. The van der Waals surface area contributed by atoms with Crippen molar-refractivity contribution in [2.75, 3.05) is 13.2 Å². The molecule has 4 heteroatoms. The fraction of sp³-hybridized carbons (Fsp3) is 0.857. The van der Waals surface area contributed by atoms with Crippen molar-refractivity contribution in [3.63, 3.8) is 0 Å². The van der Waals surface area contributed by atoms with Crippen molar-refractivity contribution in [1.82, 2.24) is 0 Å². The van der Waals surface area contributed by atoms with E-state index >= 15 is 0 Å². The fourth-order valence-electron chi connectivity index (χ4n) is 1.24. The standard InChI is InChI=1S/C7H13NO3/c8-7(5-6(9)10)1-3-11-4-2-7/h1-5,8H2,(H,9,10)/p-1. The van der Waals surface area contributed by atoms with Crippen molar-refractivity contribution in [1.29, 1.82) is 0 Å². The van der Waals surface area contributed by atoms with Gasteiger partial charge in [-0.2, -0.15) is 0 Å². The van der Waals surface area contributed by atoms with E-state index in [4.69, 9.17) is 10.5 Å². The van der Waals surface area contributed by atoms with E-state index in [9.17, 15) is 9.90 Å². The van der Waals surface area contributed by atoms with E-state index in [1.165, 1.54) is 0 Å². The van der Waals surface area contributed by atoms with E-state index in [1.807, 2.05) is 0 Å². The molecule has 64 valence electrons. The van der Waals surface area contributed by atoms with Gasteiger partial charge in [-0.15, -0.1) is 0 Å². The maximum Gasteiger partial charge on any atom is 0.0483 e. The Kier molecular flexibility index (Phi) is 2.46. The van der Waals surface area contributed by atoms with Gasteiger partial charge >= 0.3 is 0 Å². The van der Waals surface area contributed by atoms with Crippen LogP contribution in [-0.2, 0) is 9.53 Å². The maximum absolute atomic E-state index is 10.2. The van der Waals surface area contributed by atoms with Gasteiger partial charge in [-0.1, -0.05) is 0 Å². The summed E-state index contributed by atoms with van der Waals surface area (Å²) >= 11 is 0. The Balaban J connectivity index is 2.43. The van der Waals surface area contributed by atoms with E-state index in [-0.39, 0.29) is 6.42 Å². The van der Waals surface area contributed by atoms with E-state index in [0.717, 1.165) is 0 Å². The minimum Gasteiger partial charge on any atom is -0.550 e. The van der Waals surface area contributed by atoms with Gasteiger partial charge in [-0.3, -0.25) is 0 Å². The Labute approximate surface area is 65.3 Å². The molecule has 0 aliphatic carbocycles. The first kappa shape index (κ1) is 8.49. The molecule has 0 aromatic rings. The number of carbonyl (C=O) groups is 1. The van der Waals surface area contributed by atoms with Crippen molar-refractivity contribution >= 4 is 5.97 Å². The molecule has 1 rings (SSSR count). The molecule has 1 fully saturated rings. The Hall–Kier alpha value is -0.610. The number of ether oxygens (including phenoxy) is 1. The average Bonchev–Trinajstić information content (AvgIpc) is 1.85. The highest BCUT2D eigenvalue weighted by molar-refractivity contribution is 5.65. The molecule has 1 saturated heterocycles. The van der Waals surface area contributed by atoms with Gasteiger partial charge in [0.05, 0.1) is 0 Å². The zero-order chi connectivity index (χ0) is 8.32. The normalized spacial score (nSPS) is 23.0. The van der Waals surface area contributed by atoms with Crippen LogP contribution in [0.2, 0.25) is 0 Å². The lowest BCUT2D eigenvalue weighted by Gasteiger charge is -2.33. The summed E-state index contributed by atoms with van der Waals surface area (Å²) in [4.78, 5) is 10.2. The van der Waals surface area contributed by atoms with Crippen LogP contribution in [-0.4, -0.2) is 24.7 Å². The number of hydrogen-bond donors (Lipinski definition) is 1. The first-order valence-electron chi connectivity index (χ1n) is 3.69. The van der Waals surface area contributed by atoms with Gasteiger partial charge in [-0.05, 0) is 12.8 Å². The van der Waals surface area contributed by atoms with Crippen molar-refractivity contribution in [2.45, 2.75) is 24.8 Å². The SMILES string of the molecule is NC1(CC(=O)[O-])CCOCC1. The largest absolute Gasteiger partial charge is 0.550 e. The van der Waals surface area contributed by atoms with Crippen LogP contribution in [0.1, 0.15) is 19.3 Å². The van der Waals surface area contributed by atoms with Gasteiger partial charge in [0.15, 0.2) is 0 Å². The summed E-state index contributed by atoms with van der Waals surface area (Å²) in [5, 5.41) is 10.2. The van der Waals surface area contributed by atoms with Crippen molar-refractivity contribution < 1.29 is 14.6 Å². The van der Waals surface area contributed by atoms with Crippen molar-refractivity contribution in [2.24, 2.45) is 5.73 Å². The van der Waals surface area contributed by atoms with Crippen LogP contribution in [0.15, 0.2) is 0 Å². The Morgan fingerprint density at radius 3 is 2.55 bits per heavy atom. The second kappa shape index (κ2) is 3.19. The highest BCUT2D eigenvalue weighted by atomic mass is 16.5. The molecule has 11 heavy (non-hydrogen) atoms. The van der Waals surface area contributed by atoms with Gasteiger partial charge in [0, 0.05) is 31.1 Å². The lowest BCUT2D eigenvalue weighted by molar-refractivity contribution is -0.307. The highest BCUT2D eigenvalue weighted by Crippen LogP contribution is 2.20. The van der Waals surface area contributed by atoms with Crippen molar-refractivity contribution in [3.8, 4) is 0 Å². The first-order chi connectivity index (χ1) is 5.12. The second-order valence-electron chi connectivity index (χ2n) is 3.02. The fourth-order valence-corrected chi connectivity index (χ4v) is 1.24. The lowest BCUT2D eigenvalue weighted by Crippen LogP contribution is -2.49. The number of nitrogens with two attached hydrogens (primary N) is 1. The van der Waals surface area contributed by atoms with Crippen LogP contribution in [0.4, 0.5) is 0 Å². The molecule has 0 saturated carbocycles. The molecule has 0 unspecified atom stereocenters. The van der Waals surface area contributed by atoms with E-state index < -0.39 is 11.5 Å². The molecular weight excluding hydrogens is 146 g/mol. The molecule has 0 aromatic carbocycles. The molecule has 0 atom stereocenters. The summed E-state index contributed by atoms with van der Waals surface area (Å²) in [7, 11) is 0.